The van der Waals surface area contributed by atoms with Crippen molar-refractivity contribution in [1.29, 1.82) is 0 Å². The molecule has 0 saturated heterocycles. The van der Waals surface area contributed by atoms with Crippen LogP contribution in [0.3, 0.4) is 0 Å². The number of ether oxygens (including phenoxy) is 1. The number of nitrogens with zero attached hydrogens (tertiary/aromatic N) is 2. The highest BCUT2D eigenvalue weighted by molar-refractivity contribution is 6.03. The minimum atomic E-state index is -0.428. The highest BCUT2D eigenvalue weighted by atomic mass is 16.5. The van der Waals surface area contributed by atoms with Gasteiger partial charge >= 0.3 is 5.97 Å². The van der Waals surface area contributed by atoms with E-state index in [0.717, 1.165) is 6.42 Å². The molecule has 0 spiro atoms. The molecule has 0 fully saturated rings. The summed E-state index contributed by atoms with van der Waals surface area (Å²) >= 11 is 0. The van der Waals surface area contributed by atoms with E-state index in [1.54, 1.807) is 24.3 Å². The maximum absolute atomic E-state index is 12.2. The Morgan fingerprint density at radius 2 is 1.88 bits per heavy atom. The second-order valence-corrected chi connectivity index (χ2v) is 5.26. The second-order valence-electron chi connectivity index (χ2n) is 5.26. The number of amides is 1. The lowest BCUT2D eigenvalue weighted by molar-refractivity contribution is 0.0600. The molecule has 1 heterocycles. The van der Waals surface area contributed by atoms with Gasteiger partial charge in [0.1, 0.15) is 11.5 Å². The standard InChI is InChI=1S/C17H20N4O3/c1-4-11(2)20-15-10-18-14(9-19-15)16(22)21-13-7-5-12(6-8-13)17(23)24-3/h5-11H,4H2,1-3H3,(H,19,20)(H,21,22). The monoisotopic (exact) mass is 328 g/mol. The molecule has 2 N–H and O–H groups in total. The fourth-order valence-electron chi connectivity index (χ4n) is 1.88. The second kappa shape index (κ2) is 8.05. The SMILES string of the molecule is CCC(C)Nc1cnc(C(=O)Nc2ccc(C(=O)OC)cc2)cn1. The van der Waals surface area contributed by atoms with E-state index in [2.05, 4.69) is 32.3 Å². The van der Waals surface area contributed by atoms with Crippen LogP contribution in [0.1, 0.15) is 41.1 Å². The molecule has 1 atom stereocenters. The van der Waals surface area contributed by atoms with Crippen LogP contribution in [0.25, 0.3) is 0 Å². The summed E-state index contributed by atoms with van der Waals surface area (Å²) in [7, 11) is 1.32. The van der Waals surface area contributed by atoms with Crippen molar-refractivity contribution in [3.63, 3.8) is 0 Å². The molecular weight excluding hydrogens is 308 g/mol. The predicted molar refractivity (Wildman–Crippen MR) is 91.1 cm³/mol. The molecule has 0 bridgehead atoms. The Labute approximate surface area is 140 Å². The number of carbonyl (C=O) groups excluding carboxylic acids is 2. The van der Waals surface area contributed by atoms with Crippen LogP contribution in [0.2, 0.25) is 0 Å². The lowest BCUT2D eigenvalue weighted by Crippen LogP contribution is -2.17. The third-order valence-corrected chi connectivity index (χ3v) is 3.46. The maximum Gasteiger partial charge on any atom is 0.337 e. The molecule has 126 valence electrons. The van der Waals surface area contributed by atoms with Crippen LogP contribution in [0, 0.1) is 0 Å². The van der Waals surface area contributed by atoms with Gasteiger partial charge in [-0.15, -0.1) is 0 Å². The van der Waals surface area contributed by atoms with E-state index in [9.17, 15) is 9.59 Å². The zero-order valence-corrected chi connectivity index (χ0v) is 13.9. The van der Waals surface area contributed by atoms with Gasteiger partial charge in [-0.25, -0.2) is 14.8 Å². The number of hydrogen-bond donors (Lipinski definition) is 2. The molecule has 1 aromatic heterocycles. The van der Waals surface area contributed by atoms with E-state index >= 15 is 0 Å². The zero-order valence-electron chi connectivity index (χ0n) is 13.9. The van der Waals surface area contributed by atoms with E-state index in [4.69, 9.17) is 0 Å². The largest absolute Gasteiger partial charge is 0.465 e. The van der Waals surface area contributed by atoms with Gasteiger partial charge in [-0.05, 0) is 37.6 Å². The highest BCUT2D eigenvalue weighted by Crippen LogP contribution is 2.12. The molecule has 0 aliphatic heterocycles. The van der Waals surface area contributed by atoms with Crippen molar-refractivity contribution in [1.82, 2.24) is 9.97 Å². The van der Waals surface area contributed by atoms with Crippen molar-refractivity contribution in [3.05, 3.63) is 47.9 Å². The molecule has 0 saturated carbocycles. The number of esters is 1. The normalized spacial score (nSPS) is 11.5. The summed E-state index contributed by atoms with van der Waals surface area (Å²) in [5, 5.41) is 5.88. The lowest BCUT2D eigenvalue weighted by Gasteiger charge is -2.11. The van der Waals surface area contributed by atoms with Crippen LogP contribution < -0.4 is 10.6 Å². The van der Waals surface area contributed by atoms with Gasteiger partial charge in [0.15, 0.2) is 0 Å². The van der Waals surface area contributed by atoms with Crippen LogP contribution in [0.15, 0.2) is 36.7 Å². The molecule has 1 aromatic carbocycles. The van der Waals surface area contributed by atoms with Crippen molar-refractivity contribution in [2.45, 2.75) is 26.3 Å². The van der Waals surface area contributed by atoms with E-state index in [1.807, 2.05) is 6.92 Å². The predicted octanol–water partition coefficient (Wildman–Crippen LogP) is 2.73. The van der Waals surface area contributed by atoms with Crippen molar-refractivity contribution in [2.24, 2.45) is 0 Å². The first-order valence-corrected chi connectivity index (χ1v) is 7.61. The minimum Gasteiger partial charge on any atom is -0.465 e. The number of benzene rings is 1. The van der Waals surface area contributed by atoms with E-state index in [1.165, 1.54) is 19.5 Å². The topological polar surface area (TPSA) is 93.2 Å². The molecule has 7 nitrogen and oxygen atoms in total. The van der Waals surface area contributed by atoms with Crippen LogP contribution >= 0.6 is 0 Å². The maximum atomic E-state index is 12.2. The van der Waals surface area contributed by atoms with Crippen LogP contribution in [-0.2, 0) is 4.74 Å². The Bertz CT molecular complexity index is 699. The summed E-state index contributed by atoms with van der Waals surface area (Å²) in [5.41, 5.74) is 1.17. The van der Waals surface area contributed by atoms with Gasteiger partial charge < -0.3 is 15.4 Å². The average Bonchev–Trinajstić information content (AvgIpc) is 2.62. The van der Waals surface area contributed by atoms with Gasteiger partial charge in [-0.3, -0.25) is 4.79 Å². The smallest absolute Gasteiger partial charge is 0.337 e. The van der Waals surface area contributed by atoms with Crippen molar-refractivity contribution in [3.8, 4) is 0 Å². The molecule has 1 unspecified atom stereocenters. The molecule has 0 aliphatic carbocycles. The summed E-state index contributed by atoms with van der Waals surface area (Å²) in [6, 6.07) is 6.68. The molecule has 1 amide bonds. The number of carbonyl (C=O) groups is 2. The summed E-state index contributed by atoms with van der Waals surface area (Å²) < 4.78 is 4.62. The molecule has 2 aromatic rings. The van der Waals surface area contributed by atoms with Gasteiger partial charge in [0, 0.05) is 11.7 Å². The Balaban J connectivity index is 2.00. The van der Waals surface area contributed by atoms with Gasteiger partial charge in [0.2, 0.25) is 0 Å². The summed E-state index contributed by atoms with van der Waals surface area (Å²) in [4.78, 5) is 31.8. The fourth-order valence-corrected chi connectivity index (χ4v) is 1.88. The quantitative estimate of drug-likeness (QED) is 0.792. The van der Waals surface area contributed by atoms with Gasteiger partial charge in [0.05, 0.1) is 25.1 Å². The number of hydrogen-bond acceptors (Lipinski definition) is 6. The van der Waals surface area contributed by atoms with Crippen molar-refractivity contribution >= 4 is 23.4 Å². The fraction of sp³-hybridized carbons (Fsp3) is 0.294. The molecule has 2 rings (SSSR count). The Hall–Kier alpha value is -2.96. The Morgan fingerprint density at radius 3 is 2.42 bits per heavy atom. The van der Waals surface area contributed by atoms with Gasteiger partial charge in [-0.2, -0.15) is 0 Å². The van der Waals surface area contributed by atoms with Crippen LogP contribution in [0.4, 0.5) is 11.5 Å². The van der Waals surface area contributed by atoms with Crippen molar-refractivity contribution in [2.75, 3.05) is 17.7 Å². The first-order valence-electron chi connectivity index (χ1n) is 7.61. The van der Waals surface area contributed by atoms with E-state index in [-0.39, 0.29) is 17.6 Å². The molecular formula is C17H20N4O3. The number of nitrogens with one attached hydrogen (secondary N) is 2. The number of rotatable bonds is 6. The lowest BCUT2D eigenvalue weighted by atomic mass is 10.2. The molecule has 0 radical (unpaired) electrons. The molecule has 24 heavy (non-hydrogen) atoms. The minimum absolute atomic E-state index is 0.210. The van der Waals surface area contributed by atoms with E-state index < -0.39 is 5.97 Å². The average molecular weight is 328 g/mol. The first-order chi connectivity index (χ1) is 11.5. The molecule has 0 aliphatic rings. The third-order valence-electron chi connectivity index (χ3n) is 3.46. The van der Waals surface area contributed by atoms with Gasteiger partial charge in [-0.1, -0.05) is 6.92 Å². The number of aromatic nitrogens is 2. The van der Waals surface area contributed by atoms with E-state index in [0.29, 0.717) is 17.1 Å². The van der Waals surface area contributed by atoms with Crippen molar-refractivity contribution < 1.29 is 14.3 Å². The van der Waals surface area contributed by atoms with Gasteiger partial charge in [0.25, 0.3) is 5.91 Å². The van der Waals surface area contributed by atoms with Crippen LogP contribution in [0.5, 0.6) is 0 Å². The summed E-state index contributed by atoms with van der Waals surface area (Å²) in [5.74, 6) is -0.171. The number of methoxy groups -OCH3 is 1. The summed E-state index contributed by atoms with van der Waals surface area (Å²) in [6.07, 6.45) is 3.91. The van der Waals surface area contributed by atoms with Crippen LogP contribution in [-0.4, -0.2) is 35.0 Å². The number of anilines is 2. The highest BCUT2D eigenvalue weighted by Gasteiger charge is 2.10. The molecule has 7 heteroatoms. The Morgan fingerprint density at radius 1 is 1.17 bits per heavy atom. The summed E-state index contributed by atoms with van der Waals surface area (Å²) in [6.45, 7) is 4.11. The zero-order chi connectivity index (χ0) is 17.5. The Kier molecular flexibility index (Phi) is 5.83. The first kappa shape index (κ1) is 17.4. The third kappa shape index (κ3) is 4.52.